The first kappa shape index (κ1) is 19.5. The fourth-order valence-corrected chi connectivity index (χ4v) is 4.50. The molecule has 0 atom stereocenters. The van der Waals surface area contributed by atoms with Crippen molar-refractivity contribution >= 4 is 16.0 Å². The van der Waals surface area contributed by atoms with Gasteiger partial charge in [0.2, 0.25) is 10.0 Å². The number of benzene rings is 2. The summed E-state index contributed by atoms with van der Waals surface area (Å²) < 4.78 is 41.1. The van der Waals surface area contributed by atoms with Crippen molar-refractivity contribution in [3.05, 3.63) is 65.5 Å². The van der Waals surface area contributed by atoms with Crippen molar-refractivity contribution in [2.75, 3.05) is 13.1 Å². The van der Waals surface area contributed by atoms with Crippen molar-refractivity contribution in [2.45, 2.75) is 30.3 Å². The molecule has 1 aliphatic rings. The number of likely N-dealkylation sites (tertiary alicyclic amines) is 1. The fourth-order valence-electron chi connectivity index (χ4n) is 3.17. The second-order valence-corrected chi connectivity index (χ2v) is 8.32. The predicted octanol–water partition coefficient (Wildman–Crippen LogP) is 2.47. The van der Waals surface area contributed by atoms with Gasteiger partial charge in [-0.05, 0) is 36.6 Å². The van der Waals surface area contributed by atoms with Gasteiger partial charge in [0, 0.05) is 25.7 Å². The van der Waals surface area contributed by atoms with Crippen molar-refractivity contribution in [3.8, 4) is 0 Å². The summed E-state index contributed by atoms with van der Waals surface area (Å²) in [6.07, 6.45) is 1.30. The minimum absolute atomic E-state index is 0.236. The molecule has 27 heavy (non-hydrogen) atoms. The van der Waals surface area contributed by atoms with Gasteiger partial charge in [-0.25, -0.2) is 22.3 Å². The normalized spacial score (nSPS) is 16.3. The number of halogens is 1. The highest BCUT2D eigenvalue weighted by molar-refractivity contribution is 7.89. The first-order valence-electron chi connectivity index (χ1n) is 8.66. The lowest BCUT2D eigenvalue weighted by Gasteiger charge is -2.32. The first-order valence-corrected chi connectivity index (χ1v) is 10.1. The number of hydrogen-bond donors (Lipinski definition) is 2. The highest BCUT2D eigenvalue weighted by atomic mass is 32.2. The maximum atomic E-state index is 13.5. The first-order chi connectivity index (χ1) is 12.8. The number of aromatic carboxylic acids is 1. The number of nitrogens with zero attached hydrogens (tertiary/aromatic N) is 1. The van der Waals surface area contributed by atoms with E-state index in [1.54, 1.807) is 0 Å². The van der Waals surface area contributed by atoms with Gasteiger partial charge in [0.25, 0.3) is 0 Å². The summed E-state index contributed by atoms with van der Waals surface area (Å²) in [5.41, 5.74) is 0.555. The van der Waals surface area contributed by atoms with E-state index in [9.17, 15) is 17.6 Å². The molecule has 1 aliphatic heterocycles. The molecule has 1 heterocycles. The lowest BCUT2D eigenvalue weighted by Crippen LogP contribution is -2.44. The van der Waals surface area contributed by atoms with Gasteiger partial charge in [0.05, 0.1) is 10.5 Å². The third-order valence-electron chi connectivity index (χ3n) is 4.64. The number of carbonyl (C=O) groups is 1. The van der Waals surface area contributed by atoms with Crippen LogP contribution in [0, 0.1) is 5.82 Å². The molecule has 0 aromatic heterocycles. The molecule has 0 spiro atoms. The molecule has 0 aliphatic carbocycles. The van der Waals surface area contributed by atoms with E-state index in [0.29, 0.717) is 12.8 Å². The number of nitrogens with one attached hydrogen (secondary N) is 1. The molecule has 8 heteroatoms. The van der Waals surface area contributed by atoms with E-state index >= 15 is 0 Å². The molecule has 0 bridgehead atoms. The molecule has 144 valence electrons. The molecule has 0 amide bonds. The van der Waals surface area contributed by atoms with E-state index in [4.69, 9.17) is 5.11 Å². The lowest BCUT2D eigenvalue weighted by atomic mass is 10.1. The van der Waals surface area contributed by atoms with Gasteiger partial charge in [-0.3, -0.25) is 4.90 Å². The van der Waals surface area contributed by atoms with Gasteiger partial charge in [0.1, 0.15) is 5.82 Å². The van der Waals surface area contributed by atoms with Crippen molar-refractivity contribution < 1.29 is 22.7 Å². The van der Waals surface area contributed by atoms with Crippen LogP contribution in [0.3, 0.4) is 0 Å². The highest BCUT2D eigenvalue weighted by Crippen LogP contribution is 2.19. The predicted molar refractivity (Wildman–Crippen MR) is 98.4 cm³/mol. The largest absolute Gasteiger partial charge is 0.478 e. The standard InChI is InChI=1S/C19H21FN2O4S/c20-18-7-6-16(12-17(18)19(23)24)27(25,26)21-15-8-10-22(11-9-15)13-14-4-2-1-3-5-14/h1-7,12,15,21H,8-11,13H2,(H,23,24). The van der Waals surface area contributed by atoms with Gasteiger partial charge in [-0.15, -0.1) is 0 Å². The average molecular weight is 392 g/mol. The third kappa shape index (κ3) is 4.91. The monoisotopic (exact) mass is 392 g/mol. The summed E-state index contributed by atoms with van der Waals surface area (Å²) in [7, 11) is -3.91. The van der Waals surface area contributed by atoms with Crippen LogP contribution in [0.15, 0.2) is 53.4 Å². The fraction of sp³-hybridized carbons (Fsp3) is 0.316. The zero-order chi connectivity index (χ0) is 19.4. The zero-order valence-corrected chi connectivity index (χ0v) is 15.5. The number of hydrogen-bond acceptors (Lipinski definition) is 4. The summed E-state index contributed by atoms with van der Waals surface area (Å²) in [4.78, 5) is 13.0. The molecular weight excluding hydrogens is 371 g/mol. The van der Waals surface area contributed by atoms with Crippen LogP contribution in [-0.2, 0) is 16.6 Å². The lowest BCUT2D eigenvalue weighted by molar-refractivity contribution is 0.0691. The Morgan fingerprint density at radius 3 is 2.44 bits per heavy atom. The maximum absolute atomic E-state index is 13.5. The molecule has 2 N–H and O–H groups in total. The molecule has 0 radical (unpaired) electrons. The third-order valence-corrected chi connectivity index (χ3v) is 6.16. The Balaban J connectivity index is 1.61. The molecule has 1 fully saturated rings. The van der Waals surface area contributed by atoms with Crippen molar-refractivity contribution in [1.29, 1.82) is 0 Å². The Hall–Kier alpha value is -2.29. The highest BCUT2D eigenvalue weighted by Gasteiger charge is 2.26. The summed E-state index contributed by atoms with van der Waals surface area (Å²) in [5.74, 6) is -2.46. The molecule has 6 nitrogen and oxygen atoms in total. The molecule has 2 aromatic rings. The number of carboxylic acid groups (broad SMARTS) is 1. The van der Waals surface area contributed by atoms with E-state index in [1.165, 1.54) is 5.56 Å². The van der Waals surface area contributed by atoms with Crippen molar-refractivity contribution in [2.24, 2.45) is 0 Å². The number of sulfonamides is 1. The number of rotatable bonds is 6. The van der Waals surface area contributed by atoms with Gasteiger partial charge in [-0.2, -0.15) is 0 Å². The Morgan fingerprint density at radius 2 is 1.81 bits per heavy atom. The van der Waals surface area contributed by atoms with Gasteiger partial charge in [0.15, 0.2) is 0 Å². The maximum Gasteiger partial charge on any atom is 0.338 e. The second kappa shape index (κ2) is 8.16. The molecule has 0 saturated carbocycles. The van der Waals surface area contributed by atoms with Crippen LogP contribution < -0.4 is 4.72 Å². The Labute approximate surface area is 157 Å². The van der Waals surface area contributed by atoms with E-state index in [2.05, 4.69) is 21.8 Å². The van der Waals surface area contributed by atoms with Gasteiger partial charge >= 0.3 is 5.97 Å². The number of carboxylic acids is 1. The number of piperidine rings is 1. The molecule has 2 aromatic carbocycles. The summed E-state index contributed by atoms with van der Waals surface area (Å²) >= 11 is 0. The second-order valence-electron chi connectivity index (χ2n) is 6.60. The molecule has 0 unspecified atom stereocenters. The van der Waals surface area contributed by atoms with Gasteiger partial charge < -0.3 is 5.11 Å². The smallest absolute Gasteiger partial charge is 0.338 e. The van der Waals surface area contributed by atoms with Crippen LogP contribution >= 0.6 is 0 Å². The molecule has 3 rings (SSSR count). The average Bonchev–Trinajstić information content (AvgIpc) is 2.64. The van der Waals surface area contributed by atoms with Crippen molar-refractivity contribution in [1.82, 2.24) is 9.62 Å². The quantitative estimate of drug-likeness (QED) is 0.789. The summed E-state index contributed by atoms with van der Waals surface area (Å²) in [6.45, 7) is 2.33. The Bertz CT molecular complexity index is 911. The Morgan fingerprint density at radius 1 is 1.15 bits per heavy atom. The van der Waals surface area contributed by atoms with Crippen molar-refractivity contribution in [3.63, 3.8) is 0 Å². The minimum atomic E-state index is -3.91. The van der Waals surface area contributed by atoms with Crippen LogP contribution in [0.1, 0.15) is 28.8 Å². The Kier molecular flexibility index (Phi) is 5.88. The van der Waals surface area contributed by atoms with Gasteiger partial charge in [-0.1, -0.05) is 30.3 Å². The zero-order valence-electron chi connectivity index (χ0n) is 14.6. The van der Waals surface area contributed by atoms with Crippen LogP contribution in [-0.4, -0.2) is 43.5 Å². The van der Waals surface area contributed by atoms with E-state index in [-0.39, 0.29) is 10.9 Å². The molecular formula is C19H21FN2O4S. The SMILES string of the molecule is O=C(O)c1cc(S(=O)(=O)NC2CCN(Cc3ccccc3)CC2)ccc1F. The van der Waals surface area contributed by atoms with E-state index in [1.807, 2.05) is 18.2 Å². The summed E-state index contributed by atoms with van der Waals surface area (Å²) in [6, 6.07) is 12.6. The van der Waals surface area contributed by atoms with Crippen LogP contribution in [0.25, 0.3) is 0 Å². The topological polar surface area (TPSA) is 86.7 Å². The van der Waals surface area contributed by atoms with Crippen LogP contribution in [0.4, 0.5) is 4.39 Å². The summed E-state index contributed by atoms with van der Waals surface area (Å²) in [5, 5.41) is 8.97. The minimum Gasteiger partial charge on any atom is -0.478 e. The van der Waals surface area contributed by atoms with E-state index in [0.717, 1.165) is 37.8 Å². The van der Waals surface area contributed by atoms with Crippen LogP contribution in [0.5, 0.6) is 0 Å². The van der Waals surface area contributed by atoms with Crippen LogP contribution in [0.2, 0.25) is 0 Å². The molecule has 1 saturated heterocycles. The van der Waals surface area contributed by atoms with E-state index < -0.39 is 27.4 Å².